The van der Waals surface area contributed by atoms with Gasteiger partial charge in [0.05, 0.1) is 12.7 Å². The average molecular weight is 332 g/mol. The van der Waals surface area contributed by atoms with Gasteiger partial charge in [-0.25, -0.2) is 4.68 Å². The minimum absolute atomic E-state index is 0.0201. The fourth-order valence-corrected chi connectivity index (χ4v) is 3.48. The van der Waals surface area contributed by atoms with E-state index in [9.17, 15) is 9.90 Å². The van der Waals surface area contributed by atoms with Crippen LogP contribution >= 0.6 is 0 Å². The van der Waals surface area contributed by atoms with E-state index < -0.39 is 5.60 Å². The molecular formula is C18H28N4O2. The number of amides is 1. The van der Waals surface area contributed by atoms with Crippen LogP contribution in [-0.4, -0.2) is 44.0 Å². The molecule has 1 saturated carbocycles. The zero-order valence-electron chi connectivity index (χ0n) is 14.9. The highest BCUT2D eigenvalue weighted by molar-refractivity contribution is 5.88. The van der Waals surface area contributed by atoms with Crippen LogP contribution in [0, 0.1) is 5.92 Å². The molecule has 0 spiro atoms. The highest BCUT2D eigenvalue weighted by atomic mass is 16.3. The second kappa shape index (κ2) is 6.67. The van der Waals surface area contributed by atoms with Crippen LogP contribution in [0.4, 0.5) is 0 Å². The summed E-state index contributed by atoms with van der Waals surface area (Å²) in [6.45, 7) is 7.16. The van der Waals surface area contributed by atoms with Crippen molar-refractivity contribution in [2.24, 2.45) is 5.92 Å². The lowest BCUT2D eigenvalue weighted by molar-refractivity contribution is -0.126. The molecule has 1 aliphatic carbocycles. The first-order valence-corrected chi connectivity index (χ1v) is 9.00. The van der Waals surface area contributed by atoms with E-state index >= 15 is 0 Å². The number of hydrogen-bond acceptors (Lipinski definition) is 4. The number of hydrogen-bond donors (Lipinski definition) is 1. The second-order valence-electron chi connectivity index (χ2n) is 7.70. The van der Waals surface area contributed by atoms with Gasteiger partial charge < -0.3 is 10.0 Å². The summed E-state index contributed by atoms with van der Waals surface area (Å²) < 4.78 is 1.74. The van der Waals surface area contributed by atoms with Crippen molar-refractivity contribution in [2.75, 3.05) is 13.1 Å². The van der Waals surface area contributed by atoms with Gasteiger partial charge >= 0.3 is 0 Å². The average Bonchev–Trinajstić information content (AvgIpc) is 3.17. The quantitative estimate of drug-likeness (QED) is 0.863. The van der Waals surface area contributed by atoms with Crippen LogP contribution in [0.1, 0.15) is 64.6 Å². The number of β-amino-alcohol motifs (C(OH)–C–C–N with tert-alkyl or cyclic N) is 1. The molecule has 2 aliphatic rings. The molecule has 1 amide bonds. The second-order valence-corrected chi connectivity index (χ2v) is 7.70. The Morgan fingerprint density at radius 1 is 1.42 bits per heavy atom. The first kappa shape index (κ1) is 17.1. The Kier molecular flexibility index (Phi) is 4.76. The van der Waals surface area contributed by atoms with Crippen molar-refractivity contribution in [2.45, 2.75) is 64.5 Å². The summed E-state index contributed by atoms with van der Waals surface area (Å²) >= 11 is 0. The SMILES string of the molecule is CC1CCC(=CC(=O)N2CCC(O)(c3cn(C(C)C)nn3)C2)CC1. The zero-order chi connectivity index (χ0) is 17.3. The van der Waals surface area contributed by atoms with E-state index in [2.05, 4.69) is 17.2 Å². The molecule has 6 heteroatoms. The van der Waals surface area contributed by atoms with Crippen LogP contribution in [0.3, 0.4) is 0 Å². The Labute approximate surface area is 143 Å². The Balaban J connectivity index is 1.65. The highest BCUT2D eigenvalue weighted by Gasteiger charge is 2.41. The van der Waals surface area contributed by atoms with Crippen molar-refractivity contribution in [3.63, 3.8) is 0 Å². The predicted molar refractivity (Wildman–Crippen MR) is 91.2 cm³/mol. The van der Waals surface area contributed by atoms with Crippen molar-refractivity contribution in [1.82, 2.24) is 19.9 Å². The van der Waals surface area contributed by atoms with Crippen molar-refractivity contribution in [1.29, 1.82) is 0 Å². The summed E-state index contributed by atoms with van der Waals surface area (Å²) in [4.78, 5) is 14.3. The third kappa shape index (κ3) is 3.53. The Bertz CT molecular complexity index is 627. The number of likely N-dealkylation sites (tertiary alicyclic amines) is 1. The molecule has 0 bridgehead atoms. The Morgan fingerprint density at radius 2 is 2.12 bits per heavy atom. The van der Waals surface area contributed by atoms with Gasteiger partial charge in [0.15, 0.2) is 0 Å². The van der Waals surface area contributed by atoms with Crippen LogP contribution in [0.5, 0.6) is 0 Å². The van der Waals surface area contributed by atoms with Crippen LogP contribution in [0.25, 0.3) is 0 Å². The van der Waals surface area contributed by atoms with Gasteiger partial charge in [0.25, 0.3) is 0 Å². The Hall–Kier alpha value is -1.69. The largest absolute Gasteiger partial charge is 0.381 e. The number of carbonyl (C=O) groups is 1. The maximum atomic E-state index is 12.5. The number of carbonyl (C=O) groups excluding carboxylic acids is 1. The monoisotopic (exact) mass is 332 g/mol. The molecule has 1 aromatic rings. The minimum Gasteiger partial charge on any atom is -0.381 e. The normalized spacial score (nSPS) is 27.8. The smallest absolute Gasteiger partial charge is 0.246 e. The number of allylic oxidation sites excluding steroid dienone is 1. The fourth-order valence-electron chi connectivity index (χ4n) is 3.48. The molecule has 0 aromatic carbocycles. The third-order valence-electron chi connectivity index (χ3n) is 5.32. The summed E-state index contributed by atoms with van der Waals surface area (Å²) in [6, 6.07) is 0.201. The van der Waals surface area contributed by atoms with Gasteiger partial charge in [0.2, 0.25) is 5.91 Å². The summed E-state index contributed by atoms with van der Waals surface area (Å²) in [6.07, 6.45) is 8.47. The third-order valence-corrected chi connectivity index (χ3v) is 5.32. The van der Waals surface area contributed by atoms with Gasteiger partial charge in [-0.05, 0) is 45.4 Å². The van der Waals surface area contributed by atoms with Gasteiger partial charge in [-0.2, -0.15) is 0 Å². The standard InChI is InChI=1S/C18H28N4O2/c1-13(2)22-11-16(19-20-22)18(24)8-9-21(12-18)17(23)10-15-6-4-14(3)5-7-15/h10-11,13-14,24H,4-9,12H2,1-3H3. The molecular weight excluding hydrogens is 304 g/mol. The van der Waals surface area contributed by atoms with Crippen molar-refractivity contribution < 1.29 is 9.90 Å². The van der Waals surface area contributed by atoms with Gasteiger partial charge in [-0.3, -0.25) is 4.79 Å². The van der Waals surface area contributed by atoms with Crippen molar-refractivity contribution in [3.8, 4) is 0 Å². The molecule has 132 valence electrons. The number of aromatic nitrogens is 3. The first-order valence-electron chi connectivity index (χ1n) is 9.00. The lowest BCUT2D eigenvalue weighted by Gasteiger charge is -2.22. The van der Waals surface area contributed by atoms with Gasteiger partial charge in [-0.1, -0.05) is 17.7 Å². The van der Waals surface area contributed by atoms with E-state index in [1.807, 2.05) is 13.8 Å². The lowest BCUT2D eigenvalue weighted by Crippen LogP contribution is -2.34. The van der Waals surface area contributed by atoms with Crippen LogP contribution in [-0.2, 0) is 10.4 Å². The van der Waals surface area contributed by atoms with E-state index in [1.54, 1.807) is 21.9 Å². The van der Waals surface area contributed by atoms with E-state index in [-0.39, 0.29) is 11.9 Å². The fraction of sp³-hybridized carbons (Fsp3) is 0.722. The molecule has 0 radical (unpaired) electrons. The highest BCUT2D eigenvalue weighted by Crippen LogP contribution is 2.32. The van der Waals surface area contributed by atoms with Crippen molar-refractivity contribution in [3.05, 3.63) is 23.5 Å². The molecule has 2 fully saturated rings. The molecule has 1 unspecified atom stereocenters. The molecule has 2 heterocycles. The molecule has 1 aromatic heterocycles. The molecule has 1 N–H and O–H groups in total. The lowest BCUT2D eigenvalue weighted by atomic mass is 9.87. The number of rotatable bonds is 3. The van der Waals surface area contributed by atoms with E-state index in [0.717, 1.165) is 18.8 Å². The molecule has 6 nitrogen and oxygen atoms in total. The summed E-state index contributed by atoms with van der Waals surface area (Å²) in [5.74, 6) is 0.782. The number of nitrogens with zero attached hydrogens (tertiary/aromatic N) is 4. The minimum atomic E-state index is -1.08. The van der Waals surface area contributed by atoms with Crippen LogP contribution in [0.2, 0.25) is 0 Å². The van der Waals surface area contributed by atoms with Gasteiger partial charge in [-0.15, -0.1) is 5.10 Å². The summed E-state index contributed by atoms with van der Waals surface area (Å²) in [5, 5.41) is 19.1. The maximum absolute atomic E-state index is 12.5. The summed E-state index contributed by atoms with van der Waals surface area (Å²) in [5.41, 5.74) is 0.729. The van der Waals surface area contributed by atoms with Crippen LogP contribution in [0.15, 0.2) is 17.8 Å². The van der Waals surface area contributed by atoms with E-state index in [4.69, 9.17) is 0 Å². The topological polar surface area (TPSA) is 71.2 Å². The predicted octanol–water partition coefficient (Wildman–Crippen LogP) is 2.42. The zero-order valence-corrected chi connectivity index (χ0v) is 14.9. The summed E-state index contributed by atoms with van der Waals surface area (Å²) in [7, 11) is 0. The molecule has 3 rings (SSSR count). The van der Waals surface area contributed by atoms with Crippen LogP contribution < -0.4 is 0 Å². The number of aliphatic hydroxyl groups is 1. The van der Waals surface area contributed by atoms with E-state index in [0.29, 0.717) is 25.2 Å². The van der Waals surface area contributed by atoms with E-state index in [1.165, 1.54) is 18.4 Å². The van der Waals surface area contributed by atoms with Gasteiger partial charge in [0.1, 0.15) is 11.3 Å². The molecule has 1 aliphatic heterocycles. The molecule has 1 saturated heterocycles. The maximum Gasteiger partial charge on any atom is 0.246 e. The molecule has 1 atom stereocenters. The molecule has 24 heavy (non-hydrogen) atoms. The Morgan fingerprint density at radius 3 is 2.75 bits per heavy atom. The van der Waals surface area contributed by atoms with Gasteiger partial charge in [0, 0.05) is 25.1 Å². The van der Waals surface area contributed by atoms with Crippen molar-refractivity contribution >= 4 is 5.91 Å². The first-order chi connectivity index (χ1) is 11.4.